The molecule has 3 rings (SSSR count). The third kappa shape index (κ3) is 3.36. The molecule has 0 bridgehead atoms. The van der Waals surface area contributed by atoms with Gasteiger partial charge in [-0.15, -0.1) is 0 Å². The second kappa shape index (κ2) is 6.14. The lowest BCUT2D eigenvalue weighted by atomic mass is 10.0. The number of pyridine rings is 1. The van der Waals surface area contributed by atoms with E-state index in [-0.39, 0.29) is 5.54 Å². The van der Waals surface area contributed by atoms with Gasteiger partial charge in [0.25, 0.3) is 0 Å². The van der Waals surface area contributed by atoms with E-state index in [9.17, 15) is 0 Å². The third-order valence-electron chi connectivity index (χ3n) is 3.47. The fourth-order valence-corrected chi connectivity index (χ4v) is 3.36. The van der Waals surface area contributed by atoms with Crippen LogP contribution in [-0.4, -0.2) is 10.5 Å². The van der Waals surface area contributed by atoms with Crippen LogP contribution >= 0.6 is 27.5 Å². The molecule has 0 fully saturated rings. The van der Waals surface area contributed by atoms with Crippen LogP contribution in [0.2, 0.25) is 5.02 Å². The minimum absolute atomic E-state index is 0.116. The Morgan fingerprint density at radius 2 is 1.65 bits per heavy atom. The topological polar surface area (TPSA) is 24.9 Å². The molecule has 3 aromatic rings. The summed E-state index contributed by atoms with van der Waals surface area (Å²) in [7, 11) is 0. The van der Waals surface area contributed by atoms with Crippen molar-refractivity contribution in [2.45, 2.75) is 26.3 Å². The summed E-state index contributed by atoms with van der Waals surface area (Å²) in [6.45, 7) is 6.34. The summed E-state index contributed by atoms with van der Waals surface area (Å²) in [5.74, 6) is 0.799. The molecular formula is C19H18BrClN2. The fraction of sp³-hybridized carbons (Fsp3) is 0.211. The largest absolute Gasteiger partial charge is 0.365 e. The van der Waals surface area contributed by atoms with Gasteiger partial charge in [0.05, 0.1) is 10.5 Å². The highest BCUT2D eigenvalue weighted by Gasteiger charge is 2.20. The van der Waals surface area contributed by atoms with Gasteiger partial charge in [-0.1, -0.05) is 63.9 Å². The minimum Gasteiger partial charge on any atom is -0.365 e. The first-order chi connectivity index (χ1) is 10.9. The van der Waals surface area contributed by atoms with Gasteiger partial charge in [0.2, 0.25) is 0 Å². The van der Waals surface area contributed by atoms with Crippen LogP contribution in [0.3, 0.4) is 0 Å². The van der Waals surface area contributed by atoms with Crippen molar-refractivity contribution in [3.05, 3.63) is 58.0 Å². The molecule has 0 saturated heterocycles. The summed E-state index contributed by atoms with van der Waals surface area (Å²) < 4.78 is 0.996. The Hall–Kier alpha value is -1.58. The van der Waals surface area contributed by atoms with E-state index in [0.717, 1.165) is 32.3 Å². The predicted molar refractivity (Wildman–Crippen MR) is 103 cm³/mol. The number of aromatic nitrogens is 1. The van der Waals surface area contributed by atoms with E-state index in [0.29, 0.717) is 5.02 Å². The van der Waals surface area contributed by atoms with Crippen LogP contribution in [0.15, 0.2) is 53.0 Å². The number of rotatable bonds is 2. The van der Waals surface area contributed by atoms with Crippen LogP contribution in [0, 0.1) is 0 Å². The first-order valence-electron chi connectivity index (χ1n) is 7.48. The zero-order valence-corrected chi connectivity index (χ0v) is 15.7. The normalized spacial score (nSPS) is 11.7. The number of nitrogens with one attached hydrogen (secondary N) is 1. The quantitative estimate of drug-likeness (QED) is 0.539. The van der Waals surface area contributed by atoms with E-state index in [1.807, 2.05) is 42.5 Å². The van der Waals surface area contributed by atoms with E-state index in [1.165, 1.54) is 0 Å². The number of hydrogen-bond donors (Lipinski definition) is 1. The van der Waals surface area contributed by atoms with Gasteiger partial charge in [0, 0.05) is 26.5 Å². The monoisotopic (exact) mass is 388 g/mol. The summed E-state index contributed by atoms with van der Waals surface area (Å²) in [6, 6.07) is 16.0. The predicted octanol–water partition coefficient (Wildman–Crippen LogP) is 6.53. The summed E-state index contributed by atoms with van der Waals surface area (Å²) in [5.41, 5.74) is 2.73. The minimum atomic E-state index is -0.116. The van der Waals surface area contributed by atoms with Crippen molar-refractivity contribution in [1.82, 2.24) is 4.98 Å². The number of benzene rings is 2. The van der Waals surface area contributed by atoms with Gasteiger partial charge in [-0.05, 0) is 32.9 Å². The van der Waals surface area contributed by atoms with Gasteiger partial charge in [-0.2, -0.15) is 0 Å². The Balaban J connectivity index is 2.35. The Labute approximate surface area is 150 Å². The molecule has 0 saturated carbocycles. The van der Waals surface area contributed by atoms with E-state index < -0.39 is 0 Å². The number of fused-ring (bicyclic) bond motifs is 1. The van der Waals surface area contributed by atoms with Crippen LogP contribution in [0.5, 0.6) is 0 Å². The Morgan fingerprint density at radius 1 is 1.00 bits per heavy atom. The van der Waals surface area contributed by atoms with Crippen molar-refractivity contribution in [3.63, 3.8) is 0 Å². The van der Waals surface area contributed by atoms with Gasteiger partial charge in [0.1, 0.15) is 5.82 Å². The molecule has 2 nitrogen and oxygen atoms in total. The van der Waals surface area contributed by atoms with Gasteiger partial charge in [-0.25, -0.2) is 4.98 Å². The van der Waals surface area contributed by atoms with Crippen LogP contribution in [0.4, 0.5) is 5.82 Å². The van der Waals surface area contributed by atoms with E-state index in [1.54, 1.807) is 0 Å². The van der Waals surface area contributed by atoms with Crippen molar-refractivity contribution >= 4 is 44.3 Å². The molecule has 1 heterocycles. The van der Waals surface area contributed by atoms with Crippen LogP contribution in [-0.2, 0) is 0 Å². The average Bonchev–Trinajstić information content (AvgIpc) is 2.47. The highest BCUT2D eigenvalue weighted by atomic mass is 79.9. The third-order valence-corrected chi connectivity index (χ3v) is 4.55. The molecule has 0 radical (unpaired) electrons. The lowest BCUT2D eigenvalue weighted by Crippen LogP contribution is -2.27. The summed E-state index contributed by atoms with van der Waals surface area (Å²) in [4.78, 5) is 4.82. The highest BCUT2D eigenvalue weighted by Crippen LogP contribution is 2.42. The summed E-state index contributed by atoms with van der Waals surface area (Å²) >= 11 is 10.4. The van der Waals surface area contributed by atoms with Crippen molar-refractivity contribution < 1.29 is 0 Å². The summed E-state index contributed by atoms with van der Waals surface area (Å²) in [6.07, 6.45) is 0. The van der Waals surface area contributed by atoms with Crippen molar-refractivity contribution in [1.29, 1.82) is 0 Å². The Kier molecular flexibility index (Phi) is 4.35. The Bertz CT molecular complexity index is 869. The second-order valence-corrected chi connectivity index (χ2v) is 7.75. The zero-order valence-electron chi connectivity index (χ0n) is 13.3. The van der Waals surface area contributed by atoms with Crippen LogP contribution < -0.4 is 5.32 Å². The van der Waals surface area contributed by atoms with E-state index in [2.05, 4.69) is 48.1 Å². The molecule has 118 valence electrons. The van der Waals surface area contributed by atoms with Crippen LogP contribution in [0.25, 0.3) is 22.0 Å². The molecule has 4 heteroatoms. The lowest BCUT2D eigenvalue weighted by Gasteiger charge is -2.25. The maximum atomic E-state index is 6.78. The first kappa shape index (κ1) is 16.3. The zero-order chi connectivity index (χ0) is 16.6. The molecule has 0 unspecified atom stereocenters. The SMILES string of the molecule is CC(C)(C)Nc1nc2ccccc2c(Cl)c1-c1ccccc1Br. The standard InChI is InChI=1S/C19H18BrClN2/c1-19(2,3)23-18-16(12-8-4-6-10-14(12)20)17(21)13-9-5-7-11-15(13)22-18/h4-11H,1-3H3,(H,22,23). The smallest absolute Gasteiger partial charge is 0.136 e. The van der Waals surface area contributed by atoms with Crippen molar-refractivity contribution in [3.8, 4) is 11.1 Å². The molecule has 1 aromatic heterocycles. The van der Waals surface area contributed by atoms with Crippen molar-refractivity contribution in [2.75, 3.05) is 5.32 Å². The number of halogens is 2. The fourth-order valence-electron chi connectivity index (χ4n) is 2.53. The van der Waals surface area contributed by atoms with Gasteiger partial charge < -0.3 is 5.32 Å². The number of nitrogens with zero attached hydrogens (tertiary/aromatic N) is 1. The molecule has 0 amide bonds. The molecule has 0 atom stereocenters. The molecule has 0 aliphatic carbocycles. The van der Waals surface area contributed by atoms with Crippen LogP contribution in [0.1, 0.15) is 20.8 Å². The van der Waals surface area contributed by atoms with E-state index >= 15 is 0 Å². The van der Waals surface area contributed by atoms with Gasteiger partial charge in [-0.3, -0.25) is 0 Å². The summed E-state index contributed by atoms with van der Waals surface area (Å²) in [5, 5.41) is 5.17. The molecule has 0 aliphatic rings. The molecule has 23 heavy (non-hydrogen) atoms. The molecular weight excluding hydrogens is 372 g/mol. The maximum Gasteiger partial charge on any atom is 0.136 e. The average molecular weight is 390 g/mol. The number of para-hydroxylation sites is 1. The molecule has 0 spiro atoms. The molecule has 1 N–H and O–H groups in total. The molecule has 0 aliphatic heterocycles. The number of hydrogen-bond acceptors (Lipinski definition) is 2. The second-order valence-electron chi connectivity index (χ2n) is 6.52. The van der Waals surface area contributed by atoms with Gasteiger partial charge >= 0.3 is 0 Å². The Morgan fingerprint density at radius 3 is 2.35 bits per heavy atom. The number of anilines is 1. The molecule has 2 aromatic carbocycles. The first-order valence-corrected chi connectivity index (χ1v) is 8.65. The lowest BCUT2D eigenvalue weighted by molar-refractivity contribution is 0.631. The van der Waals surface area contributed by atoms with Gasteiger partial charge in [0.15, 0.2) is 0 Å². The maximum absolute atomic E-state index is 6.78. The van der Waals surface area contributed by atoms with E-state index in [4.69, 9.17) is 16.6 Å². The highest BCUT2D eigenvalue weighted by molar-refractivity contribution is 9.10. The van der Waals surface area contributed by atoms with Crippen molar-refractivity contribution in [2.24, 2.45) is 0 Å².